The maximum Gasteiger partial charge on any atom is 0.251 e. The molecule has 2 unspecified atom stereocenters. The molecule has 0 heterocycles. The highest BCUT2D eigenvalue weighted by Gasteiger charge is 2.25. The molecular weight excluding hydrogens is 316 g/mol. The third kappa shape index (κ3) is 2.72. The minimum Gasteiger partial charge on any atom is -0.348 e. The van der Waals surface area contributed by atoms with Crippen LogP contribution in [-0.2, 0) is 0 Å². The summed E-state index contributed by atoms with van der Waals surface area (Å²) in [4.78, 5) is 12.3. The van der Waals surface area contributed by atoms with E-state index in [-0.39, 0.29) is 18.0 Å². The molecule has 2 aromatic carbocycles. The lowest BCUT2D eigenvalue weighted by Crippen LogP contribution is -2.43. The topological polar surface area (TPSA) is 55.1 Å². The van der Waals surface area contributed by atoms with Gasteiger partial charge < -0.3 is 11.1 Å². The van der Waals surface area contributed by atoms with Gasteiger partial charge in [-0.2, -0.15) is 0 Å². The van der Waals surface area contributed by atoms with Crippen molar-refractivity contribution in [2.24, 2.45) is 5.73 Å². The number of amides is 1. The molecule has 20 heavy (non-hydrogen) atoms. The van der Waals surface area contributed by atoms with Gasteiger partial charge in [-0.05, 0) is 54.3 Å². The van der Waals surface area contributed by atoms with E-state index in [1.807, 2.05) is 36.4 Å². The van der Waals surface area contributed by atoms with Gasteiger partial charge in [-0.15, -0.1) is 0 Å². The number of nitrogens with one attached hydrogen (secondary N) is 1. The maximum absolute atomic E-state index is 12.3. The fraction of sp³-hybridized carbons (Fsp3) is 0.312. The van der Waals surface area contributed by atoms with E-state index in [1.54, 1.807) is 0 Å². The lowest BCUT2D eigenvalue weighted by atomic mass is 10.1. The zero-order valence-electron chi connectivity index (χ0n) is 11.1. The molecule has 1 aliphatic carbocycles. The van der Waals surface area contributed by atoms with Crippen molar-refractivity contribution in [1.29, 1.82) is 0 Å². The number of fused-ring (bicyclic) bond motifs is 1. The number of benzene rings is 2. The minimum atomic E-state index is -0.0304. The molecule has 0 aromatic heterocycles. The first kappa shape index (κ1) is 13.6. The molecule has 104 valence electrons. The normalized spacial score (nSPS) is 22.1. The molecule has 2 atom stereocenters. The van der Waals surface area contributed by atoms with Gasteiger partial charge in [-0.25, -0.2) is 0 Å². The summed E-state index contributed by atoms with van der Waals surface area (Å²) in [6, 6.07) is 12.0. The van der Waals surface area contributed by atoms with Gasteiger partial charge in [-0.3, -0.25) is 4.79 Å². The Hall–Kier alpha value is -1.39. The summed E-state index contributed by atoms with van der Waals surface area (Å²) in [5.41, 5.74) is 6.69. The average Bonchev–Trinajstić information content (AvgIpc) is 2.83. The SMILES string of the molecule is NC1CCCC1NC(=O)c1ccc2cc(Br)ccc2c1. The molecular formula is C16H17BrN2O. The van der Waals surface area contributed by atoms with Gasteiger partial charge in [0.05, 0.1) is 0 Å². The summed E-state index contributed by atoms with van der Waals surface area (Å²) in [7, 11) is 0. The summed E-state index contributed by atoms with van der Waals surface area (Å²) in [5.74, 6) is -0.0304. The van der Waals surface area contributed by atoms with E-state index in [0.717, 1.165) is 34.5 Å². The smallest absolute Gasteiger partial charge is 0.251 e. The molecule has 1 aliphatic rings. The minimum absolute atomic E-state index is 0.0304. The Morgan fingerprint density at radius 1 is 1.15 bits per heavy atom. The molecule has 0 saturated heterocycles. The van der Waals surface area contributed by atoms with Gasteiger partial charge >= 0.3 is 0 Å². The van der Waals surface area contributed by atoms with E-state index >= 15 is 0 Å². The van der Waals surface area contributed by atoms with E-state index in [2.05, 4.69) is 21.2 Å². The highest BCUT2D eigenvalue weighted by molar-refractivity contribution is 9.10. The summed E-state index contributed by atoms with van der Waals surface area (Å²) >= 11 is 3.45. The quantitative estimate of drug-likeness (QED) is 0.887. The third-order valence-corrected chi connectivity index (χ3v) is 4.44. The number of carbonyl (C=O) groups excluding carboxylic acids is 1. The molecule has 3 N–H and O–H groups in total. The lowest BCUT2D eigenvalue weighted by Gasteiger charge is -2.17. The first-order valence-corrected chi connectivity index (χ1v) is 7.68. The number of carbonyl (C=O) groups is 1. The van der Waals surface area contributed by atoms with Crippen molar-refractivity contribution in [2.45, 2.75) is 31.3 Å². The van der Waals surface area contributed by atoms with Crippen molar-refractivity contribution < 1.29 is 4.79 Å². The van der Waals surface area contributed by atoms with Crippen molar-refractivity contribution >= 4 is 32.6 Å². The van der Waals surface area contributed by atoms with Crippen LogP contribution in [0.3, 0.4) is 0 Å². The Kier molecular flexibility index (Phi) is 3.76. The molecule has 0 bridgehead atoms. The monoisotopic (exact) mass is 332 g/mol. The van der Waals surface area contributed by atoms with Crippen molar-refractivity contribution in [3.05, 3.63) is 46.4 Å². The molecule has 2 aromatic rings. The van der Waals surface area contributed by atoms with Crippen molar-refractivity contribution in [1.82, 2.24) is 5.32 Å². The Labute approximate surface area is 126 Å². The van der Waals surface area contributed by atoms with Gasteiger partial charge in [0.2, 0.25) is 0 Å². The Balaban J connectivity index is 1.82. The van der Waals surface area contributed by atoms with Gasteiger partial charge in [0.25, 0.3) is 5.91 Å². The molecule has 0 radical (unpaired) electrons. The summed E-state index contributed by atoms with van der Waals surface area (Å²) in [6.07, 6.45) is 3.07. The lowest BCUT2D eigenvalue weighted by molar-refractivity contribution is 0.0935. The van der Waals surface area contributed by atoms with Crippen LogP contribution in [0.15, 0.2) is 40.9 Å². The summed E-state index contributed by atoms with van der Waals surface area (Å²) in [5, 5.41) is 5.23. The first-order chi connectivity index (χ1) is 9.63. The fourth-order valence-corrected chi connectivity index (χ4v) is 3.16. The van der Waals surface area contributed by atoms with Gasteiger partial charge in [0, 0.05) is 22.1 Å². The van der Waals surface area contributed by atoms with Gasteiger partial charge in [-0.1, -0.05) is 28.1 Å². The fourth-order valence-electron chi connectivity index (χ4n) is 2.78. The van der Waals surface area contributed by atoms with Crippen molar-refractivity contribution in [3.8, 4) is 0 Å². The first-order valence-electron chi connectivity index (χ1n) is 6.89. The van der Waals surface area contributed by atoms with Crippen LogP contribution < -0.4 is 11.1 Å². The van der Waals surface area contributed by atoms with E-state index in [1.165, 1.54) is 0 Å². The average molecular weight is 333 g/mol. The van der Waals surface area contributed by atoms with Crippen LogP contribution in [-0.4, -0.2) is 18.0 Å². The highest BCUT2D eigenvalue weighted by Crippen LogP contribution is 2.22. The number of hydrogen-bond acceptors (Lipinski definition) is 2. The van der Waals surface area contributed by atoms with Crippen LogP contribution in [0.5, 0.6) is 0 Å². The molecule has 4 heteroatoms. The molecule has 0 aliphatic heterocycles. The Morgan fingerprint density at radius 3 is 2.65 bits per heavy atom. The second-order valence-electron chi connectivity index (χ2n) is 5.38. The van der Waals surface area contributed by atoms with E-state index in [4.69, 9.17) is 5.73 Å². The third-order valence-electron chi connectivity index (χ3n) is 3.95. The van der Waals surface area contributed by atoms with Crippen molar-refractivity contribution in [2.75, 3.05) is 0 Å². The molecule has 3 rings (SSSR count). The maximum atomic E-state index is 12.3. The van der Waals surface area contributed by atoms with Gasteiger partial charge in [0.1, 0.15) is 0 Å². The second-order valence-corrected chi connectivity index (χ2v) is 6.30. The largest absolute Gasteiger partial charge is 0.348 e. The highest BCUT2D eigenvalue weighted by atomic mass is 79.9. The van der Waals surface area contributed by atoms with Crippen LogP contribution >= 0.6 is 15.9 Å². The second kappa shape index (κ2) is 5.54. The van der Waals surface area contributed by atoms with Crippen LogP contribution in [0.4, 0.5) is 0 Å². The Bertz CT molecular complexity index is 656. The summed E-state index contributed by atoms with van der Waals surface area (Å²) in [6.45, 7) is 0. The standard InChI is InChI=1S/C16H17BrN2O/c17-13-7-6-10-8-12(5-4-11(10)9-13)16(20)19-15-3-1-2-14(15)18/h4-9,14-15H,1-3,18H2,(H,19,20). The van der Waals surface area contributed by atoms with Gasteiger partial charge in [0.15, 0.2) is 0 Å². The predicted octanol–water partition coefficient (Wildman–Crippen LogP) is 3.21. The van der Waals surface area contributed by atoms with Crippen LogP contribution in [0.1, 0.15) is 29.6 Å². The van der Waals surface area contributed by atoms with Crippen LogP contribution in [0, 0.1) is 0 Å². The Morgan fingerprint density at radius 2 is 1.90 bits per heavy atom. The molecule has 1 fully saturated rings. The zero-order chi connectivity index (χ0) is 14.1. The number of halogens is 1. The predicted molar refractivity (Wildman–Crippen MR) is 84.7 cm³/mol. The van der Waals surface area contributed by atoms with E-state index in [9.17, 15) is 4.79 Å². The van der Waals surface area contributed by atoms with Crippen molar-refractivity contribution in [3.63, 3.8) is 0 Å². The van der Waals surface area contributed by atoms with E-state index in [0.29, 0.717) is 5.56 Å². The molecule has 1 amide bonds. The molecule has 0 spiro atoms. The summed E-state index contributed by atoms with van der Waals surface area (Å²) < 4.78 is 1.04. The van der Waals surface area contributed by atoms with E-state index < -0.39 is 0 Å². The molecule has 3 nitrogen and oxygen atoms in total. The number of nitrogens with two attached hydrogens (primary N) is 1. The molecule has 1 saturated carbocycles. The van der Waals surface area contributed by atoms with Crippen LogP contribution in [0.25, 0.3) is 10.8 Å². The number of rotatable bonds is 2. The van der Waals surface area contributed by atoms with Crippen LogP contribution in [0.2, 0.25) is 0 Å². The zero-order valence-corrected chi connectivity index (χ0v) is 12.7. The number of hydrogen-bond donors (Lipinski definition) is 2.